The van der Waals surface area contributed by atoms with E-state index in [0.29, 0.717) is 28.3 Å². The predicted molar refractivity (Wildman–Crippen MR) is 207 cm³/mol. The minimum absolute atomic E-state index is 0.102. The largest absolute Gasteiger partial charge is 0.478 e. The summed E-state index contributed by atoms with van der Waals surface area (Å²) in [5.74, 6) is -1.90. The van der Waals surface area contributed by atoms with Crippen molar-refractivity contribution in [1.82, 2.24) is 0 Å². The number of anilines is 5. The van der Waals surface area contributed by atoms with E-state index in [-0.39, 0.29) is 39.7 Å². The van der Waals surface area contributed by atoms with Crippen LogP contribution in [0.5, 0.6) is 0 Å². The number of hydrogen-bond acceptors (Lipinski definition) is 13. The molecule has 15 nitrogen and oxygen atoms in total. The van der Waals surface area contributed by atoms with Crippen molar-refractivity contribution in [1.29, 1.82) is 0 Å². The SMILES string of the molecule is Cc1cc(N=Nc2ccc(-c3ccc(N/N=C4/C=CC(=O)C(C(=O)O)=C4)cc3)cc2)c(N)c(N=Nc2ccc(Nc3ccccc3)c(S(=O)(=O)O)c2)c1N. The van der Waals surface area contributed by atoms with Crippen LogP contribution < -0.4 is 22.2 Å². The number of aliphatic carboxylic acids is 1. The molecule has 6 rings (SSSR count). The van der Waals surface area contributed by atoms with Gasteiger partial charge >= 0.3 is 5.97 Å². The van der Waals surface area contributed by atoms with Gasteiger partial charge in [-0.3, -0.25) is 14.8 Å². The Morgan fingerprint density at radius 2 is 1.39 bits per heavy atom. The molecule has 0 atom stereocenters. The molecule has 1 aliphatic carbocycles. The van der Waals surface area contributed by atoms with Crippen molar-refractivity contribution >= 4 is 78.8 Å². The van der Waals surface area contributed by atoms with Gasteiger partial charge in [0.1, 0.15) is 21.8 Å². The zero-order valence-corrected chi connectivity index (χ0v) is 29.2. The summed E-state index contributed by atoms with van der Waals surface area (Å²) in [6.45, 7) is 1.75. The number of rotatable bonds is 11. The molecule has 0 radical (unpaired) electrons. The Kier molecular flexibility index (Phi) is 10.5. The van der Waals surface area contributed by atoms with Crippen molar-refractivity contribution in [3.63, 3.8) is 0 Å². The van der Waals surface area contributed by atoms with Crippen molar-refractivity contribution in [3.8, 4) is 11.1 Å². The average molecular weight is 742 g/mol. The number of azo groups is 2. The summed E-state index contributed by atoms with van der Waals surface area (Å²) in [5, 5.41) is 33.3. The van der Waals surface area contributed by atoms with E-state index in [1.807, 2.05) is 30.3 Å². The van der Waals surface area contributed by atoms with Crippen molar-refractivity contribution < 1.29 is 27.7 Å². The maximum Gasteiger partial charge on any atom is 0.339 e. The Bertz CT molecular complexity index is 2530. The smallest absolute Gasteiger partial charge is 0.339 e. The lowest BCUT2D eigenvalue weighted by Gasteiger charge is -2.11. The van der Waals surface area contributed by atoms with E-state index in [9.17, 15) is 22.6 Å². The topological polar surface area (TPSA) is 247 Å². The number of para-hydroxylation sites is 1. The van der Waals surface area contributed by atoms with Crippen LogP contribution in [0.15, 0.2) is 157 Å². The second-order valence-electron chi connectivity index (χ2n) is 11.8. The number of nitrogens with two attached hydrogens (primary N) is 2. The summed E-state index contributed by atoms with van der Waals surface area (Å²) in [6, 6.07) is 29.4. The van der Waals surface area contributed by atoms with Crippen molar-refractivity contribution in [2.45, 2.75) is 11.8 Å². The van der Waals surface area contributed by atoms with Crippen LogP contribution in [0.3, 0.4) is 0 Å². The van der Waals surface area contributed by atoms with E-state index in [2.05, 4.69) is 36.3 Å². The van der Waals surface area contributed by atoms with Gasteiger partial charge in [0.05, 0.1) is 39.8 Å². The number of allylic oxidation sites excluding steroid dienone is 3. The molecule has 5 aromatic carbocycles. The second-order valence-corrected chi connectivity index (χ2v) is 13.2. The molecule has 0 heterocycles. The van der Waals surface area contributed by atoms with Gasteiger partial charge in [-0.15, -0.1) is 10.2 Å². The molecule has 16 heteroatoms. The van der Waals surface area contributed by atoms with Gasteiger partial charge in [0.25, 0.3) is 10.1 Å². The molecule has 8 N–H and O–H groups in total. The fraction of sp³-hybridized carbons (Fsp3) is 0.0263. The van der Waals surface area contributed by atoms with Crippen LogP contribution >= 0.6 is 0 Å². The van der Waals surface area contributed by atoms with Crippen molar-refractivity contribution in [2.24, 2.45) is 25.6 Å². The Morgan fingerprint density at radius 3 is 2.06 bits per heavy atom. The van der Waals surface area contributed by atoms with Gasteiger partial charge in [-0.2, -0.15) is 23.7 Å². The van der Waals surface area contributed by atoms with Gasteiger partial charge in [-0.05, 0) is 103 Å². The number of hydrogen-bond donors (Lipinski definition) is 6. The summed E-state index contributed by atoms with van der Waals surface area (Å²) >= 11 is 0. The molecule has 0 saturated heterocycles. The first-order valence-electron chi connectivity index (χ1n) is 16.0. The van der Waals surface area contributed by atoms with Crippen LogP contribution in [0.25, 0.3) is 11.1 Å². The van der Waals surface area contributed by atoms with E-state index < -0.39 is 26.8 Å². The first-order valence-corrected chi connectivity index (χ1v) is 17.5. The van der Waals surface area contributed by atoms with Gasteiger partial charge in [0, 0.05) is 5.69 Å². The van der Waals surface area contributed by atoms with Crippen LogP contribution in [0, 0.1) is 6.92 Å². The summed E-state index contributed by atoms with van der Waals surface area (Å²) in [7, 11) is -4.63. The highest BCUT2D eigenvalue weighted by atomic mass is 32.2. The third-order valence-electron chi connectivity index (χ3n) is 7.99. The summed E-state index contributed by atoms with van der Waals surface area (Å²) < 4.78 is 34.3. The lowest BCUT2D eigenvalue weighted by molar-refractivity contribution is -0.134. The molecule has 0 spiro atoms. The number of hydrazone groups is 1. The van der Waals surface area contributed by atoms with Gasteiger partial charge < -0.3 is 21.9 Å². The van der Waals surface area contributed by atoms with Crippen LogP contribution in [-0.2, 0) is 19.7 Å². The highest BCUT2D eigenvalue weighted by Crippen LogP contribution is 2.41. The minimum atomic E-state index is -4.63. The average Bonchev–Trinajstić information content (AvgIpc) is 3.16. The summed E-state index contributed by atoms with van der Waals surface area (Å²) in [6.07, 6.45) is 3.80. The van der Waals surface area contributed by atoms with E-state index in [4.69, 9.17) is 16.6 Å². The number of benzene rings is 5. The highest BCUT2D eigenvalue weighted by Gasteiger charge is 2.19. The Hall–Kier alpha value is -7.30. The van der Waals surface area contributed by atoms with Crippen LogP contribution in [0.1, 0.15) is 5.56 Å². The second kappa shape index (κ2) is 15.5. The number of carbonyl (C=O) groups is 2. The minimum Gasteiger partial charge on any atom is -0.478 e. The van der Waals surface area contributed by atoms with Crippen LogP contribution in [0.4, 0.5) is 51.2 Å². The quantitative estimate of drug-likeness (QED) is 0.0188. The highest BCUT2D eigenvalue weighted by molar-refractivity contribution is 7.86. The number of nitrogens with one attached hydrogen (secondary N) is 2. The molecule has 270 valence electrons. The molecule has 0 saturated carbocycles. The molecule has 0 aliphatic heterocycles. The molecule has 0 bridgehead atoms. The summed E-state index contributed by atoms with van der Waals surface area (Å²) in [4.78, 5) is 22.5. The molecule has 0 unspecified atom stereocenters. The van der Waals surface area contributed by atoms with Crippen LogP contribution in [-0.4, -0.2) is 35.5 Å². The lowest BCUT2D eigenvalue weighted by Crippen LogP contribution is -2.15. The van der Waals surface area contributed by atoms with E-state index in [1.54, 1.807) is 61.5 Å². The fourth-order valence-corrected chi connectivity index (χ4v) is 5.80. The number of carboxylic acid groups (broad SMARTS) is 1. The van der Waals surface area contributed by atoms with Gasteiger partial charge in [0.2, 0.25) is 0 Å². The molecule has 0 fully saturated rings. The third kappa shape index (κ3) is 8.59. The molecular weight excluding hydrogens is 711 g/mol. The fourth-order valence-electron chi connectivity index (χ4n) is 5.13. The van der Waals surface area contributed by atoms with E-state index >= 15 is 0 Å². The molecule has 5 aromatic rings. The first-order chi connectivity index (χ1) is 25.9. The molecular formula is C38H31N9O6S. The van der Waals surface area contributed by atoms with Crippen molar-refractivity contribution in [3.05, 3.63) is 132 Å². The van der Waals surface area contributed by atoms with Crippen molar-refractivity contribution in [2.75, 3.05) is 22.2 Å². The monoisotopic (exact) mass is 741 g/mol. The molecule has 0 aromatic heterocycles. The maximum absolute atomic E-state index is 12.2. The maximum atomic E-state index is 12.2. The number of nitrogen functional groups attached to an aromatic ring is 2. The number of ketones is 1. The number of nitrogens with zero attached hydrogens (tertiary/aromatic N) is 5. The Morgan fingerprint density at radius 1 is 0.741 bits per heavy atom. The predicted octanol–water partition coefficient (Wildman–Crippen LogP) is 8.57. The lowest BCUT2D eigenvalue weighted by atomic mass is 10.0. The molecule has 0 amide bonds. The zero-order valence-electron chi connectivity index (χ0n) is 28.4. The van der Waals surface area contributed by atoms with E-state index in [0.717, 1.165) is 17.2 Å². The normalized spacial score (nSPS) is 13.8. The van der Waals surface area contributed by atoms with Gasteiger partial charge in [-0.1, -0.05) is 42.5 Å². The number of carboxylic acids is 1. The zero-order chi connectivity index (χ0) is 38.4. The Balaban J connectivity index is 1.16. The van der Waals surface area contributed by atoms with E-state index in [1.165, 1.54) is 30.4 Å². The first kappa shape index (κ1) is 36.5. The number of aryl methyl sites for hydroxylation is 1. The Labute approximate surface area is 308 Å². The van der Waals surface area contributed by atoms with Gasteiger partial charge in [0.15, 0.2) is 5.78 Å². The van der Waals surface area contributed by atoms with Crippen LogP contribution in [0.2, 0.25) is 0 Å². The standard InChI is InChI=1S/C38H31N9O6S/c1-22-19-32(36(40)37(35(22)39)47-45-29-15-17-31(34(21-29)54(51,52)53)41-25-5-3-2-4-6-25)46-43-27-13-9-24(10-14-27)23-7-11-26(12-8-23)42-44-28-16-18-33(48)30(20-28)38(49)50/h2-21,41-42H,39-40H2,1H3,(H,49,50)(H,51,52,53)/b44-28-,46-43?,47-45?. The third-order valence-corrected chi connectivity index (χ3v) is 8.89. The van der Waals surface area contributed by atoms with Gasteiger partial charge in [-0.25, -0.2) is 4.79 Å². The molecule has 54 heavy (non-hydrogen) atoms. The number of carbonyl (C=O) groups excluding carboxylic acids is 1. The summed E-state index contributed by atoms with van der Waals surface area (Å²) in [5.41, 5.74) is 20.8. The molecule has 1 aliphatic rings.